The molecule has 0 radical (unpaired) electrons. The van der Waals surface area contributed by atoms with Crippen molar-refractivity contribution in [2.24, 2.45) is 5.41 Å². The summed E-state index contributed by atoms with van der Waals surface area (Å²) in [6, 6.07) is 5.48. The van der Waals surface area contributed by atoms with E-state index in [4.69, 9.17) is 0 Å². The number of nitrogens with zero attached hydrogens (tertiary/aromatic N) is 1. The van der Waals surface area contributed by atoms with Crippen molar-refractivity contribution in [1.29, 1.82) is 0 Å². The van der Waals surface area contributed by atoms with E-state index in [-0.39, 0.29) is 5.41 Å². The largest absolute Gasteiger partial charge is 0.343 e. The minimum atomic E-state index is 0.156. The Morgan fingerprint density at radius 2 is 1.91 bits per heavy atom. The molecule has 0 spiro atoms. The van der Waals surface area contributed by atoms with Gasteiger partial charge in [0.25, 0.3) is 0 Å². The number of benzene rings is 1. The van der Waals surface area contributed by atoms with Gasteiger partial charge in [-0.05, 0) is 95.6 Å². The molecule has 1 aromatic rings. The molecule has 1 atom stereocenters. The lowest BCUT2D eigenvalue weighted by atomic mass is 9.75. The lowest BCUT2D eigenvalue weighted by Gasteiger charge is -2.47. The summed E-state index contributed by atoms with van der Waals surface area (Å²) in [6.07, 6.45) is 21.2. The summed E-state index contributed by atoms with van der Waals surface area (Å²) in [5.41, 5.74) is 12.2. The average Bonchev–Trinajstić information content (AvgIpc) is 2.80. The van der Waals surface area contributed by atoms with E-state index in [0.29, 0.717) is 6.04 Å². The molecule has 0 fully saturated rings. The summed E-state index contributed by atoms with van der Waals surface area (Å²) in [7, 11) is 0. The molecule has 1 aromatic carbocycles. The van der Waals surface area contributed by atoms with Gasteiger partial charge in [0.15, 0.2) is 0 Å². The number of hydrogen-bond acceptors (Lipinski definition) is 1. The number of rotatable bonds is 7. The van der Waals surface area contributed by atoms with Gasteiger partial charge in [0.2, 0.25) is 0 Å². The second-order valence-corrected chi connectivity index (χ2v) is 11.5. The van der Waals surface area contributed by atoms with E-state index in [0.717, 1.165) is 30.4 Å². The zero-order chi connectivity index (χ0) is 24.5. The third-order valence-electron chi connectivity index (χ3n) is 7.68. The second-order valence-electron chi connectivity index (χ2n) is 11.5. The summed E-state index contributed by atoms with van der Waals surface area (Å²) in [5, 5.41) is 0. The van der Waals surface area contributed by atoms with Crippen molar-refractivity contribution in [2.45, 2.75) is 92.0 Å². The van der Waals surface area contributed by atoms with Crippen LogP contribution in [0.15, 0.2) is 72.5 Å². The van der Waals surface area contributed by atoms with Gasteiger partial charge < -0.3 is 4.90 Å². The van der Waals surface area contributed by atoms with Gasteiger partial charge in [-0.2, -0.15) is 0 Å². The van der Waals surface area contributed by atoms with Crippen LogP contribution in [0.5, 0.6) is 0 Å². The lowest BCUT2D eigenvalue weighted by molar-refractivity contribution is 0.189. The predicted molar refractivity (Wildman–Crippen MR) is 149 cm³/mol. The summed E-state index contributed by atoms with van der Waals surface area (Å²) >= 11 is 0. The normalized spacial score (nSPS) is 19.8. The third-order valence-corrected chi connectivity index (χ3v) is 7.68. The fourth-order valence-electron chi connectivity index (χ4n) is 5.68. The van der Waals surface area contributed by atoms with Crippen LogP contribution in [0, 0.1) is 5.41 Å². The first kappa shape index (κ1) is 24.6. The fourth-order valence-corrected chi connectivity index (χ4v) is 5.68. The van der Waals surface area contributed by atoms with Crippen LogP contribution < -0.4 is 0 Å². The maximum Gasteiger partial charge on any atom is 0.0491 e. The van der Waals surface area contributed by atoms with Gasteiger partial charge in [0.05, 0.1) is 0 Å². The molecule has 1 nitrogen and oxygen atoms in total. The molecule has 0 N–H and O–H groups in total. The summed E-state index contributed by atoms with van der Waals surface area (Å²) in [5.74, 6) is 0. The highest BCUT2D eigenvalue weighted by molar-refractivity contribution is 5.81. The van der Waals surface area contributed by atoms with Crippen LogP contribution in [0.2, 0.25) is 0 Å². The smallest absolute Gasteiger partial charge is 0.0491 e. The molecule has 2 aliphatic heterocycles. The molecule has 2 heterocycles. The minimum Gasteiger partial charge on any atom is -0.343 e. The summed E-state index contributed by atoms with van der Waals surface area (Å²) < 4.78 is 0. The zero-order valence-corrected chi connectivity index (χ0v) is 22.1. The molecule has 1 aliphatic carbocycles. The fraction of sp³-hybridized carbons (Fsp3) is 0.455. The molecule has 1 heteroatoms. The molecule has 4 rings (SSSR count). The van der Waals surface area contributed by atoms with Crippen LogP contribution in [-0.4, -0.2) is 10.9 Å². The molecule has 0 aromatic heterocycles. The molecule has 3 aliphatic rings. The maximum absolute atomic E-state index is 4.40. The highest BCUT2D eigenvalue weighted by Crippen LogP contribution is 2.45. The van der Waals surface area contributed by atoms with E-state index in [1.54, 1.807) is 5.56 Å². The van der Waals surface area contributed by atoms with Crippen molar-refractivity contribution < 1.29 is 0 Å². The monoisotopic (exact) mass is 453 g/mol. The topological polar surface area (TPSA) is 3.24 Å². The van der Waals surface area contributed by atoms with E-state index < -0.39 is 0 Å². The standard InChI is InChI=1S/C33H43N/c1-8-9-10-12-17-26-19-27-20-32(33(5,6)7)34-22-30(23(2)3)24(4)18-31(34)29(27)21-28(26)25-15-13-11-14-16-25/h11,13,15,18-19,21-22,32H,2,4,8-10,12,14,16-17,20H2,1,3,5-7H3. The van der Waals surface area contributed by atoms with Crippen molar-refractivity contribution in [3.8, 4) is 0 Å². The SMILES string of the molecule is C=C(C)C1=CN2C(=CC1=C)c1cc(C3=CC=CCC3)c(CCCCCC)cc1CC2C(C)(C)C. The molecule has 0 saturated carbocycles. The van der Waals surface area contributed by atoms with Crippen LogP contribution in [-0.2, 0) is 12.8 Å². The van der Waals surface area contributed by atoms with Gasteiger partial charge in [-0.15, -0.1) is 0 Å². The zero-order valence-electron chi connectivity index (χ0n) is 22.1. The van der Waals surface area contributed by atoms with Crippen LogP contribution in [0.1, 0.15) is 95.4 Å². The Morgan fingerprint density at radius 3 is 2.56 bits per heavy atom. The van der Waals surface area contributed by atoms with E-state index in [1.807, 2.05) is 0 Å². The highest BCUT2D eigenvalue weighted by Gasteiger charge is 2.38. The Bertz CT molecular complexity index is 1100. The van der Waals surface area contributed by atoms with Gasteiger partial charge in [0.1, 0.15) is 0 Å². The quantitative estimate of drug-likeness (QED) is 0.372. The predicted octanol–water partition coefficient (Wildman–Crippen LogP) is 9.19. The second kappa shape index (κ2) is 9.98. The number of hydrogen-bond donors (Lipinski definition) is 0. The third kappa shape index (κ3) is 4.95. The number of allylic oxidation sites excluding steroid dienone is 8. The van der Waals surface area contributed by atoms with Gasteiger partial charge in [-0.3, -0.25) is 0 Å². The number of unbranched alkanes of at least 4 members (excludes halogenated alkanes) is 3. The van der Waals surface area contributed by atoms with Gasteiger partial charge in [-0.25, -0.2) is 0 Å². The van der Waals surface area contributed by atoms with Crippen molar-refractivity contribution in [3.63, 3.8) is 0 Å². The summed E-state index contributed by atoms with van der Waals surface area (Å²) in [4.78, 5) is 2.53. The molecule has 34 heavy (non-hydrogen) atoms. The van der Waals surface area contributed by atoms with Gasteiger partial charge in [-0.1, -0.05) is 84.4 Å². The van der Waals surface area contributed by atoms with Crippen LogP contribution in [0.25, 0.3) is 11.3 Å². The molecular formula is C33H43N. The van der Waals surface area contributed by atoms with Crippen molar-refractivity contribution in [1.82, 2.24) is 4.90 Å². The molecule has 0 saturated heterocycles. The Hall–Kier alpha value is -2.54. The van der Waals surface area contributed by atoms with Gasteiger partial charge >= 0.3 is 0 Å². The molecular weight excluding hydrogens is 410 g/mol. The van der Waals surface area contributed by atoms with Crippen molar-refractivity contribution >= 4 is 11.3 Å². The molecule has 180 valence electrons. The first-order valence-corrected chi connectivity index (χ1v) is 13.3. The van der Waals surface area contributed by atoms with Crippen LogP contribution >= 0.6 is 0 Å². The maximum atomic E-state index is 4.40. The first-order chi connectivity index (χ1) is 16.2. The van der Waals surface area contributed by atoms with Crippen LogP contribution in [0.4, 0.5) is 0 Å². The first-order valence-electron chi connectivity index (χ1n) is 13.3. The Morgan fingerprint density at radius 1 is 1.12 bits per heavy atom. The molecule has 1 unspecified atom stereocenters. The summed E-state index contributed by atoms with van der Waals surface area (Å²) in [6.45, 7) is 20.1. The van der Waals surface area contributed by atoms with E-state index >= 15 is 0 Å². The Labute approximate surface area is 208 Å². The average molecular weight is 454 g/mol. The van der Waals surface area contributed by atoms with E-state index in [9.17, 15) is 0 Å². The highest BCUT2D eigenvalue weighted by atomic mass is 15.2. The van der Waals surface area contributed by atoms with Crippen molar-refractivity contribution in [2.75, 3.05) is 0 Å². The number of fused-ring (bicyclic) bond motifs is 3. The van der Waals surface area contributed by atoms with Crippen LogP contribution in [0.3, 0.4) is 0 Å². The van der Waals surface area contributed by atoms with Crippen molar-refractivity contribution in [3.05, 3.63) is 94.8 Å². The van der Waals surface area contributed by atoms with E-state index in [2.05, 4.69) is 95.3 Å². The molecule has 0 amide bonds. The Balaban J connectivity index is 1.83. The van der Waals surface area contributed by atoms with Gasteiger partial charge in [0, 0.05) is 23.5 Å². The number of aryl methyl sites for hydroxylation is 1. The lowest BCUT2D eigenvalue weighted by Crippen LogP contribution is -2.45. The Kier molecular flexibility index (Phi) is 7.22. The molecule has 0 bridgehead atoms. The van der Waals surface area contributed by atoms with E-state index in [1.165, 1.54) is 65.6 Å². The minimum absolute atomic E-state index is 0.156.